The SMILES string of the molecule is Cc1c(C(=O)N2CCCc3c(Cl)ccc(F)c32)cnn1-c1ccccc1. The van der Waals surface area contributed by atoms with Gasteiger partial charge in [-0.3, -0.25) is 4.79 Å². The van der Waals surface area contributed by atoms with E-state index in [-0.39, 0.29) is 5.91 Å². The molecule has 0 N–H and O–H groups in total. The molecule has 0 aliphatic carbocycles. The van der Waals surface area contributed by atoms with Crippen LogP contribution in [0, 0.1) is 12.7 Å². The van der Waals surface area contributed by atoms with E-state index in [9.17, 15) is 9.18 Å². The number of fused-ring (bicyclic) bond motifs is 1. The lowest BCUT2D eigenvalue weighted by Crippen LogP contribution is -2.36. The molecule has 0 atom stereocenters. The molecule has 2 heterocycles. The summed E-state index contributed by atoms with van der Waals surface area (Å²) in [6.07, 6.45) is 2.95. The second-order valence-corrected chi connectivity index (χ2v) is 6.71. The lowest BCUT2D eigenvalue weighted by molar-refractivity contribution is 0.0983. The van der Waals surface area contributed by atoms with Gasteiger partial charge in [0.25, 0.3) is 5.91 Å². The van der Waals surface area contributed by atoms with E-state index < -0.39 is 5.82 Å². The zero-order valence-electron chi connectivity index (χ0n) is 14.2. The molecule has 3 aromatic rings. The van der Waals surface area contributed by atoms with Gasteiger partial charge in [-0.1, -0.05) is 29.8 Å². The number of nitrogens with zero attached hydrogens (tertiary/aromatic N) is 3. The van der Waals surface area contributed by atoms with Crippen LogP contribution in [0.5, 0.6) is 0 Å². The molecule has 1 amide bonds. The van der Waals surface area contributed by atoms with E-state index >= 15 is 0 Å². The number of para-hydroxylation sites is 1. The minimum Gasteiger partial charge on any atom is -0.305 e. The van der Waals surface area contributed by atoms with E-state index in [1.165, 1.54) is 11.0 Å². The number of halogens is 2. The van der Waals surface area contributed by atoms with Crippen LogP contribution in [0.25, 0.3) is 5.69 Å². The summed E-state index contributed by atoms with van der Waals surface area (Å²) < 4.78 is 16.2. The minimum atomic E-state index is -0.425. The smallest absolute Gasteiger partial charge is 0.261 e. The third kappa shape index (κ3) is 2.69. The number of carbonyl (C=O) groups is 1. The molecule has 0 saturated carbocycles. The second kappa shape index (κ2) is 6.57. The molecule has 0 spiro atoms. The lowest BCUT2D eigenvalue weighted by atomic mass is 10.00. The van der Waals surface area contributed by atoms with Gasteiger partial charge in [-0.15, -0.1) is 0 Å². The fraction of sp³-hybridized carbons (Fsp3) is 0.200. The number of hydrogen-bond donors (Lipinski definition) is 0. The molecule has 132 valence electrons. The fourth-order valence-corrected chi connectivity index (χ4v) is 3.68. The van der Waals surface area contributed by atoms with Crippen molar-refractivity contribution in [1.29, 1.82) is 0 Å². The van der Waals surface area contributed by atoms with E-state index in [0.29, 0.717) is 34.8 Å². The van der Waals surface area contributed by atoms with E-state index in [0.717, 1.165) is 17.8 Å². The van der Waals surface area contributed by atoms with E-state index in [1.54, 1.807) is 16.9 Å². The number of carbonyl (C=O) groups excluding carboxylic acids is 1. The molecule has 0 radical (unpaired) electrons. The average molecular weight is 370 g/mol. The monoisotopic (exact) mass is 369 g/mol. The van der Waals surface area contributed by atoms with Crippen LogP contribution in [0.15, 0.2) is 48.7 Å². The molecular weight excluding hydrogens is 353 g/mol. The Kier molecular flexibility index (Phi) is 4.24. The van der Waals surface area contributed by atoms with Gasteiger partial charge in [0.2, 0.25) is 0 Å². The van der Waals surface area contributed by atoms with Crippen LogP contribution in [-0.2, 0) is 6.42 Å². The lowest BCUT2D eigenvalue weighted by Gasteiger charge is -2.30. The highest BCUT2D eigenvalue weighted by atomic mass is 35.5. The van der Waals surface area contributed by atoms with Crippen molar-refractivity contribution < 1.29 is 9.18 Å². The third-order valence-electron chi connectivity index (χ3n) is 4.74. The highest BCUT2D eigenvalue weighted by molar-refractivity contribution is 6.32. The highest BCUT2D eigenvalue weighted by Gasteiger charge is 2.30. The fourth-order valence-electron chi connectivity index (χ4n) is 3.44. The maximum Gasteiger partial charge on any atom is 0.261 e. The molecule has 2 aromatic carbocycles. The minimum absolute atomic E-state index is 0.258. The highest BCUT2D eigenvalue weighted by Crippen LogP contribution is 2.36. The van der Waals surface area contributed by atoms with Crippen molar-refractivity contribution in [3.05, 3.63) is 76.3 Å². The Bertz CT molecular complexity index is 984. The van der Waals surface area contributed by atoms with Gasteiger partial charge >= 0.3 is 0 Å². The molecule has 1 aromatic heterocycles. The molecule has 0 saturated heterocycles. The first-order chi connectivity index (χ1) is 12.6. The number of benzene rings is 2. The van der Waals surface area contributed by atoms with Crippen LogP contribution < -0.4 is 4.90 Å². The van der Waals surface area contributed by atoms with Gasteiger partial charge in [0.15, 0.2) is 0 Å². The summed E-state index contributed by atoms with van der Waals surface area (Å²) in [5.74, 6) is -0.683. The van der Waals surface area contributed by atoms with Crippen molar-refractivity contribution in [2.24, 2.45) is 0 Å². The first-order valence-electron chi connectivity index (χ1n) is 8.46. The van der Waals surface area contributed by atoms with Crippen molar-refractivity contribution in [1.82, 2.24) is 9.78 Å². The Labute approximate surface area is 155 Å². The van der Waals surface area contributed by atoms with E-state index in [1.807, 2.05) is 37.3 Å². The van der Waals surface area contributed by atoms with Gasteiger partial charge in [-0.05, 0) is 49.6 Å². The molecule has 0 bridgehead atoms. The normalized spacial score (nSPS) is 13.6. The molecule has 4 nitrogen and oxygen atoms in total. The standard InChI is InChI=1S/C20H17ClFN3O/c1-13-16(12-23-25(13)14-6-3-2-4-7-14)20(26)24-11-5-8-15-17(21)9-10-18(22)19(15)24/h2-4,6-7,9-10,12H,5,8,11H2,1H3. The predicted molar refractivity (Wildman–Crippen MR) is 99.7 cm³/mol. The van der Waals surface area contributed by atoms with Crippen molar-refractivity contribution in [2.45, 2.75) is 19.8 Å². The third-order valence-corrected chi connectivity index (χ3v) is 5.09. The molecule has 6 heteroatoms. The number of amides is 1. The Balaban J connectivity index is 1.75. The van der Waals surface area contributed by atoms with E-state index in [4.69, 9.17) is 11.6 Å². The summed E-state index contributed by atoms with van der Waals surface area (Å²) in [5, 5.41) is 4.84. The first kappa shape index (κ1) is 16.8. The first-order valence-corrected chi connectivity index (χ1v) is 8.84. The van der Waals surface area contributed by atoms with Crippen molar-refractivity contribution in [2.75, 3.05) is 11.4 Å². The molecule has 0 fully saturated rings. The summed E-state index contributed by atoms with van der Waals surface area (Å²) in [6.45, 7) is 2.30. The molecule has 4 rings (SSSR count). The van der Waals surface area contributed by atoms with Crippen molar-refractivity contribution >= 4 is 23.2 Å². The molecule has 1 aliphatic heterocycles. The Morgan fingerprint density at radius 1 is 1.19 bits per heavy atom. The summed E-state index contributed by atoms with van der Waals surface area (Å²) in [5.41, 5.74) is 3.04. The van der Waals surface area contributed by atoms with Gasteiger partial charge in [-0.25, -0.2) is 9.07 Å². The quantitative estimate of drug-likeness (QED) is 0.663. The van der Waals surface area contributed by atoms with Gasteiger partial charge in [-0.2, -0.15) is 5.10 Å². The summed E-state index contributed by atoms with van der Waals surface area (Å²) in [7, 11) is 0. The van der Waals surface area contributed by atoms with E-state index in [2.05, 4.69) is 5.10 Å². The summed E-state index contributed by atoms with van der Waals surface area (Å²) in [6, 6.07) is 12.4. The van der Waals surface area contributed by atoms with Crippen LogP contribution in [0.4, 0.5) is 10.1 Å². The largest absolute Gasteiger partial charge is 0.305 e. The molecule has 1 aliphatic rings. The Morgan fingerprint density at radius 2 is 1.96 bits per heavy atom. The molecule has 26 heavy (non-hydrogen) atoms. The summed E-state index contributed by atoms with van der Waals surface area (Å²) >= 11 is 6.22. The average Bonchev–Trinajstić information content (AvgIpc) is 3.06. The number of rotatable bonds is 2. The Hall–Kier alpha value is -2.66. The number of anilines is 1. The van der Waals surface area contributed by atoms with Crippen LogP contribution in [0.1, 0.15) is 28.0 Å². The van der Waals surface area contributed by atoms with Gasteiger partial charge in [0, 0.05) is 11.6 Å². The van der Waals surface area contributed by atoms with Gasteiger partial charge in [0.1, 0.15) is 5.82 Å². The molecular formula is C20H17ClFN3O. The predicted octanol–water partition coefficient (Wildman–Crippen LogP) is 4.57. The second-order valence-electron chi connectivity index (χ2n) is 6.31. The van der Waals surface area contributed by atoms with Crippen molar-refractivity contribution in [3.63, 3.8) is 0 Å². The van der Waals surface area contributed by atoms with Crippen LogP contribution in [-0.4, -0.2) is 22.2 Å². The zero-order chi connectivity index (χ0) is 18.3. The molecule has 0 unspecified atom stereocenters. The van der Waals surface area contributed by atoms with Gasteiger partial charge < -0.3 is 4.90 Å². The number of aromatic nitrogens is 2. The maximum atomic E-state index is 14.5. The Morgan fingerprint density at radius 3 is 2.73 bits per heavy atom. The van der Waals surface area contributed by atoms with Crippen LogP contribution in [0.3, 0.4) is 0 Å². The number of hydrogen-bond acceptors (Lipinski definition) is 2. The van der Waals surface area contributed by atoms with Crippen LogP contribution in [0.2, 0.25) is 5.02 Å². The zero-order valence-corrected chi connectivity index (χ0v) is 15.0. The maximum absolute atomic E-state index is 14.5. The van der Waals surface area contributed by atoms with Gasteiger partial charge in [0.05, 0.1) is 28.8 Å². The van der Waals surface area contributed by atoms with Crippen LogP contribution >= 0.6 is 11.6 Å². The topological polar surface area (TPSA) is 38.1 Å². The summed E-state index contributed by atoms with van der Waals surface area (Å²) in [4.78, 5) is 14.6. The van der Waals surface area contributed by atoms with Crippen molar-refractivity contribution in [3.8, 4) is 5.69 Å².